The third kappa shape index (κ3) is 3.34. The first-order valence-electron chi connectivity index (χ1n) is 7.34. The van der Waals surface area contributed by atoms with E-state index >= 15 is 0 Å². The minimum Gasteiger partial charge on any atom is -0.310 e. The zero-order valence-corrected chi connectivity index (χ0v) is 12.1. The molecule has 1 aromatic heterocycles. The van der Waals surface area contributed by atoms with E-state index in [2.05, 4.69) is 34.7 Å². The van der Waals surface area contributed by atoms with Crippen LogP contribution in [0.5, 0.6) is 0 Å². The van der Waals surface area contributed by atoms with E-state index in [9.17, 15) is 0 Å². The van der Waals surface area contributed by atoms with Crippen LogP contribution in [0.4, 0.5) is 0 Å². The largest absolute Gasteiger partial charge is 0.310 e. The van der Waals surface area contributed by atoms with E-state index in [0.29, 0.717) is 6.04 Å². The SMILES string of the molecule is CC(Cc1cccs1)N1CCCC(NC2CC2)C1. The van der Waals surface area contributed by atoms with Crippen molar-refractivity contribution < 1.29 is 0 Å². The van der Waals surface area contributed by atoms with Crippen LogP contribution >= 0.6 is 11.3 Å². The van der Waals surface area contributed by atoms with Gasteiger partial charge in [-0.1, -0.05) is 6.07 Å². The van der Waals surface area contributed by atoms with Gasteiger partial charge in [0.1, 0.15) is 0 Å². The summed E-state index contributed by atoms with van der Waals surface area (Å²) in [5.74, 6) is 0. The fraction of sp³-hybridized carbons (Fsp3) is 0.733. The molecule has 2 nitrogen and oxygen atoms in total. The number of nitrogens with one attached hydrogen (secondary N) is 1. The Balaban J connectivity index is 1.50. The third-order valence-corrected chi connectivity index (χ3v) is 5.10. The molecule has 3 heteroatoms. The van der Waals surface area contributed by atoms with Crippen molar-refractivity contribution in [3.05, 3.63) is 22.4 Å². The predicted octanol–water partition coefficient (Wildman–Crippen LogP) is 2.90. The Morgan fingerprint density at radius 3 is 3.00 bits per heavy atom. The van der Waals surface area contributed by atoms with Crippen molar-refractivity contribution in [3.63, 3.8) is 0 Å². The molecule has 0 aromatic carbocycles. The Hall–Kier alpha value is -0.380. The van der Waals surface area contributed by atoms with Crippen molar-refractivity contribution >= 4 is 11.3 Å². The fourth-order valence-corrected chi connectivity index (χ4v) is 3.80. The number of hydrogen-bond acceptors (Lipinski definition) is 3. The lowest BCUT2D eigenvalue weighted by Crippen LogP contribution is -2.49. The fourth-order valence-electron chi connectivity index (χ4n) is 2.98. The van der Waals surface area contributed by atoms with Crippen molar-refractivity contribution in [1.82, 2.24) is 10.2 Å². The molecule has 18 heavy (non-hydrogen) atoms. The summed E-state index contributed by atoms with van der Waals surface area (Å²) >= 11 is 1.89. The van der Waals surface area contributed by atoms with E-state index in [1.807, 2.05) is 11.3 Å². The molecule has 0 radical (unpaired) electrons. The van der Waals surface area contributed by atoms with E-state index in [-0.39, 0.29) is 0 Å². The van der Waals surface area contributed by atoms with Crippen LogP contribution in [0.25, 0.3) is 0 Å². The number of piperidine rings is 1. The summed E-state index contributed by atoms with van der Waals surface area (Å²) in [6, 6.07) is 6.72. The van der Waals surface area contributed by atoms with Crippen LogP contribution < -0.4 is 5.32 Å². The van der Waals surface area contributed by atoms with Gasteiger partial charge in [0, 0.05) is 29.5 Å². The number of nitrogens with zero attached hydrogens (tertiary/aromatic N) is 1. The van der Waals surface area contributed by atoms with Crippen molar-refractivity contribution in [1.29, 1.82) is 0 Å². The Morgan fingerprint density at radius 2 is 2.28 bits per heavy atom. The minimum atomic E-state index is 0.687. The summed E-state index contributed by atoms with van der Waals surface area (Å²) in [5, 5.41) is 5.99. The Morgan fingerprint density at radius 1 is 1.39 bits per heavy atom. The van der Waals surface area contributed by atoms with Gasteiger partial charge in [0.15, 0.2) is 0 Å². The number of likely N-dealkylation sites (tertiary alicyclic amines) is 1. The van der Waals surface area contributed by atoms with Crippen LogP contribution in [0.15, 0.2) is 17.5 Å². The molecule has 2 unspecified atom stereocenters. The van der Waals surface area contributed by atoms with Crippen molar-refractivity contribution in [3.8, 4) is 0 Å². The molecule has 1 saturated heterocycles. The maximum Gasteiger partial charge on any atom is 0.0198 e. The molecular weight excluding hydrogens is 240 g/mol. The molecule has 0 amide bonds. The second-order valence-electron chi connectivity index (χ2n) is 5.91. The molecular formula is C15H24N2S. The monoisotopic (exact) mass is 264 g/mol. The highest BCUT2D eigenvalue weighted by Crippen LogP contribution is 2.23. The highest BCUT2D eigenvalue weighted by molar-refractivity contribution is 7.09. The summed E-state index contributed by atoms with van der Waals surface area (Å²) in [6.07, 6.45) is 6.76. The first kappa shape index (κ1) is 12.6. The Labute approximate surface area is 114 Å². The second-order valence-corrected chi connectivity index (χ2v) is 6.94. The molecule has 2 atom stereocenters. The molecule has 0 bridgehead atoms. The predicted molar refractivity (Wildman–Crippen MR) is 78.2 cm³/mol. The molecule has 0 spiro atoms. The minimum absolute atomic E-state index is 0.687. The standard InChI is InChI=1S/C15H24N2S/c1-12(10-15-5-3-9-18-15)17-8-2-4-14(11-17)16-13-6-7-13/h3,5,9,12-14,16H,2,4,6-8,10-11H2,1H3. The normalized spacial score (nSPS) is 27.3. The van der Waals surface area contributed by atoms with E-state index in [0.717, 1.165) is 12.1 Å². The molecule has 1 N–H and O–H groups in total. The summed E-state index contributed by atoms with van der Waals surface area (Å²) in [6.45, 7) is 4.93. The maximum atomic E-state index is 3.80. The van der Waals surface area contributed by atoms with Gasteiger partial charge in [-0.2, -0.15) is 0 Å². The quantitative estimate of drug-likeness (QED) is 0.880. The topological polar surface area (TPSA) is 15.3 Å². The van der Waals surface area contributed by atoms with Crippen LogP contribution in [0.3, 0.4) is 0 Å². The lowest BCUT2D eigenvalue weighted by atomic mass is 10.0. The van der Waals surface area contributed by atoms with Gasteiger partial charge in [-0.15, -0.1) is 11.3 Å². The van der Waals surface area contributed by atoms with Crippen LogP contribution in [-0.2, 0) is 6.42 Å². The molecule has 1 aromatic rings. The first-order chi connectivity index (χ1) is 8.81. The highest BCUT2D eigenvalue weighted by Gasteiger charge is 2.29. The molecule has 1 aliphatic carbocycles. The van der Waals surface area contributed by atoms with Crippen LogP contribution in [0.1, 0.15) is 37.5 Å². The van der Waals surface area contributed by atoms with Gasteiger partial charge in [0.05, 0.1) is 0 Å². The Bertz CT molecular complexity index is 359. The van der Waals surface area contributed by atoms with Crippen molar-refractivity contribution in [2.45, 2.75) is 57.2 Å². The average Bonchev–Trinajstić information content (AvgIpc) is 3.04. The van der Waals surface area contributed by atoms with Gasteiger partial charge >= 0.3 is 0 Å². The van der Waals surface area contributed by atoms with Gasteiger partial charge in [-0.05, 0) is 57.0 Å². The highest BCUT2D eigenvalue weighted by atomic mass is 32.1. The lowest BCUT2D eigenvalue weighted by Gasteiger charge is -2.37. The first-order valence-corrected chi connectivity index (χ1v) is 8.21. The summed E-state index contributed by atoms with van der Waals surface area (Å²) in [5.41, 5.74) is 0. The Kier molecular flexibility index (Phi) is 4.02. The van der Waals surface area contributed by atoms with E-state index < -0.39 is 0 Å². The summed E-state index contributed by atoms with van der Waals surface area (Å²) < 4.78 is 0. The maximum absolute atomic E-state index is 3.80. The van der Waals surface area contributed by atoms with Gasteiger partial charge in [0.2, 0.25) is 0 Å². The van der Waals surface area contributed by atoms with Gasteiger partial charge in [-0.3, -0.25) is 4.90 Å². The molecule has 3 rings (SSSR count). The van der Waals surface area contributed by atoms with Crippen LogP contribution in [0, 0.1) is 0 Å². The number of hydrogen-bond donors (Lipinski definition) is 1. The molecule has 1 saturated carbocycles. The molecule has 1 aliphatic heterocycles. The number of thiophene rings is 1. The summed E-state index contributed by atoms with van der Waals surface area (Å²) in [4.78, 5) is 4.21. The molecule has 100 valence electrons. The number of rotatable bonds is 5. The zero-order valence-electron chi connectivity index (χ0n) is 11.3. The molecule has 2 aliphatic rings. The average molecular weight is 264 g/mol. The molecule has 2 fully saturated rings. The second kappa shape index (κ2) is 5.72. The zero-order chi connectivity index (χ0) is 12.4. The van der Waals surface area contributed by atoms with Gasteiger partial charge < -0.3 is 5.32 Å². The van der Waals surface area contributed by atoms with Crippen molar-refractivity contribution in [2.75, 3.05) is 13.1 Å². The van der Waals surface area contributed by atoms with Crippen LogP contribution in [-0.4, -0.2) is 36.1 Å². The van der Waals surface area contributed by atoms with E-state index in [4.69, 9.17) is 0 Å². The smallest absolute Gasteiger partial charge is 0.0198 e. The third-order valence-electron chi connectivity index (χ3n) is 4.20. The van der Waals surface area contributed by atoms with E-state index in [1.54, 1.807) is 0 Å². The van der Waals surface area contributed by atoms with Gasteiger partial charge in [0.25, 0.3) is 0 Å². The van der Waals surface area contributed by atoms with Crippen molar-refractivity contribution in [2.24, 2.45) is 0 Å². The summed E-state index contributed by atoms with van der Waals surface area (Å²) in [7, 11) is 0. The van der Waals surface area contributed by atoms with E-state index in [1.165, 1.54) is 50.1 Å². The molecule has 2 heterocycles. The lowest BCUT2D eigenvalue weighted by molar-refractivity contribution is 0.144. The van der Waals surface area contributed by atoms with Gasteiger partial charge in [-0.25, -0.2) is 0 Å². The van der Waals surface area contributed by atoms with Crippen LogP contribution in [0.2, 0.25) is 0 Å².